The van der Waals surface area contributed by atoms with Gasteiger partial charge in [-0.3, -0.25) is 0 Å². The minimum absolute atomic E-state index is 0.168. The average molecular weight is 308 g/mol. The minimum atomic E-state index is 0.168. The standard InChI is InChI=1S/C21H24S/c1-3-10-18(11-4-1)21(19-12-5-2-6-13-19)16-15-17-9-7-8-14-20(17)22-21/h1-6,10-13,17,20H,7-9,14-16H2. The highest BCUT2D eigenvalue weighted by molar-refractivity contribution is 8.01. The fourth-order valence-corrected chi connectivity index (χ4v) is 6.42. The monoisotopic (exact) mass is 308 g/mol. The van der Waals surface area contributed by atoms with Crippen LogP contribution in [0.25, 0.3) is 0 Å². The summed E-state index contributed by atoms with van der Waals surface area (Å²) >= 11 is 2.27. The maximum absolute atomic E-state index is 2.34. The van der Waals surface area contributed by atoms with Crippen LogP contribution in [0.3, 0.4) is 0 Å². The van der Waals surface area contributed by atoms with E-state index >= 15 is 0 Å². The van der Waals surface area contributed by atoms with E-state index in [2.05, 4.69) is 72.4 Å². The fraction of sp³-hybridized carbons (Fsp3) is 0.429. The van der Waals surface area contributed by atoms with Gasteiger partial charge < -0.3 is 0 Å². The van der Waals surface area contributed by atoms with Crippen molar-refractivity contribution < 1.29 is 0 Å². The quantitative estimate of drug-likeness (QED) is 0.654. The van der Waals surface area contributed by atoms with Crippen LogP contribution < -0.4 is 0 Å². The van der Waals surface area contributed by atoms with Gasteiger partial charge in [0.05, 0.1) is 4.75 Å². The van der Waals surface area contributed by atoms with Gasteiger partial charge in [-0.25, -0.2) is 0 Å². The molecule has 2 aromatic rings. The predicted molar refractivity (Wildman–Crippen MR) is 96.2 cm³/mol. The average Bonchev–Trinajstić information content (AvgIpc) is 2.63. The van der Waals surface area contributed by atoms with Crippen LogP contribution in [0.15, 0.2) is 60.7 Å². The van der Waals surface area contributed by atoms with E-state index in [1.807, 2.05) is 0 Å². The normalized spacial score (nSPS) is 27.1. The summed E-state index contributed by atoms with van der Waals surface area (Å²) in [6, 6.07) is 22.4. The zero-order valence-corrected chi connectivity index (χ0v) is 13.9. The van der Waals surface area contributed by atoms with E-state index in [-0.39, 0.29) is 4.75 Å². The summed E-state index contributed by atoms with van der Waals surface area (Å²) in [5, 5.41) is 0.850. The largest absolute Gasteiger partial charge is 0.142 e. The maximum Gasteiger partial charge on any atom is 0.0659 e. The van der Waals surface area contributed by atoms with Crippen molar-refractivity contribution in [3.05, 3.63) is 71.8 Å². The van der Waals surface area contributed by atoms with E-state index in [1.54, 1.807) is 0 Å². The Morgan fingerprint density at radius 2 is 1.32 bits per heavy atom. The molecule has 0 nitrogen and oxygen atoms in total. The van der Waals surface area contributed by atoms with Crippen LogP contribution in [0, 0.1) is 5.92 Å². The predicted octanol–water partition coefficient (Wildman–Crippen LogP) is 6.02. The lowest BCUT2D eigenvalue weighted by atomic mass is 9.79. The molecule has 0 radical (unpaired) electrons. The molecule has 22 heavy (non-hydrogen) atoms. The van der Waals surface area contributed by atoms with Crippen LogP contribution in [0.4, 0.5) is 0 Å². The van der Waals surface area contributed by atoms with E-state index in [1.165, 1.54) is 49.7 Å². The summed E-state index contributed by atoms with van der Waals surface area (Å²) in [5.74, 6) is 0.958. The minimum Gasteiger partial charge on any atom is -0.142 e. The van der Waals surface area contributed by atoms with Crippen molar-refractivity contribution in [2.45, 2.75) is 48.5 Å². The highest BCUT2D eigenvalue weighted by Gasteiger charge is 2.44. The second-order valence-electron chi connectivity index (χ2n) is 6.80. The Hall–Kier alpha value is -1.21. The van der Waals surface area contributed by atoms with Crippen molar-refractivity contribution in [2.24, 2.45) is 5.92 Å². The van der Waals surface area contributed by atoms with E-state index in [0.29, 0.717) is 0 Å². The number of rotatable bonds is 2. The molecule has 0 spiro atoms. The molecular weight excluding hydrogens is 284 g/mol. The first kappa shape index (κ1) is 14.4. The SMILES string of the molecule is c1ccc(C2(c3ccccc3)CCC3CCCCC3S2)cc1. The van der Waals surface area contributed by atoms with Gasteiger partial charge in [-0.15, -0.1) is 11.8 Å². The van der Waals surface area contributed by atoms with Crippen LogP contribution in [0.2, 0.25) is 0 Å². The molecule has 1 aliphatic carbocycles. The molecule has 2 unspecified atom stereocenters. The molecule has 1 heterocycles. The smallest absolute Gasteiger partial charge is 0.0659 e. The van der Waals surface area contributed by atoms with Gasteiger partial charge in [0.25, 0.3) is 0 Å². The first-order valence-electron chi connectivity index (χ1n) is 8.67. The Labute approximate surface area is 138 Å². The number of fused-ring (bicyclic) bond motifs is 1. The maximum atomic E-state index is 2.34. The van der Waals surface area contributed by atoms with Crippen LogP contribution in [-0.4, -0.2) is 5.25 Å². The Morgan fingerprint density at radius 1 is 0.727 bits per heavy atom. The molecule has 0 N–H and O–H groups in total. The Bertz CT molecular complexity index is 565. The Kier molecular flexibility index (Phi) is 4.00. The van der Waals surface area contributed by atoms with Crippen molar-refractivity contribution in [1.29, 1.82) is 0 Å². The van der Waals surface area contributed by atoms with Gasteiger partial charge in [-0.1, -0.05) is 73.5 Å². The number of hydrogen-bond donors (Lipinski definition) is 0. The molecule has 1 aliphatic heterocycles. The van der Waals surface area contributed by atoms with E-state index in [9.17, 15) is 0 Å². The molecule has 114 valence electrons. The lowest BCUT2D eigenvalue weighted by molar-refractivity contribution is 0.316. The van der Waals surface area contributed by atoms with Crippen LogP contribution in [0.1, 0.15) is 49.7 Å². The van der Waals surface area contributed by atoms with Gasteiger partial charge in [0, 0.05) is 5.25 Å². The highest BCUT2D eigenvalue weighted by atomic mass is 32.2. The lowest BCUT2D eigenvalue weighted by Crippen LogP contribution is -2.37. The molecule has 0 bridgehead atoms. The number of hydrogen-bond acceptors (Lipinski definition) is 1. The summed E-state index contributed by atoms with van der Waals surface area (Å²) in [6.07, 6.45) is 8.42. The van der Waals surface area contributed by atoms with Crippen LogP contribution >= 0.6 is 11.8 Å². The van der Waals surface area contributed by atoms with Crippen LogP contribution in [-0.2, 0) is 4.75 Å². The molecule has 1 saturated heterocycles. The first-order valence-corrected chi connectivity index (χ1v) is 9.55. The Morgan fingerprint density at radius 3 is 1.95 bits per heavy atom. The number of thioether (sulfide) groups is 1. The fourth-order valence-electron chi connectivity index (χ4n) is 4.37. The molecule has 1 heteroatoms. The van der Waals surface area contributed by atoms with Crippen molar-refractivity contribution in [3.8, 4) is 0 Å². The third-order valence-corrected chi connectivity index (χ3v) is 7.54. The molecule has 0 aromatic heterocycles. The molecule has 0 amide bonds. The zero-order valence-electron chi connectivity index (χ0n) is 13.1. The summed E-state index contributed by atoms with van der Waals surface area (Å²) in [7, 11) is 0. The summed E-state index contributed by atoms with van der Waals surface area (Å²) in [4.78, 5) is 0. The molecule has 2 atom stereocenters. The van der Waals surface area contributed by atoms with Gasteiger partial charge in [0.2, 0.25) is 0 Å². The van der Waals surface area contributed by atoms with Gasteiger partial charge >= 0.3 is 0 Å². The molecule has 2 aliphatic rings. The van der Waals surface area contributed by atoms with Gasteiger partial charge in [0.1, 0.15) is 0 Å². The second-order valence-corrected chi connectivity index (χ2v) is 8.34. The second kappa shape index (κ2) is 6.12. The summed E-state index contributed by atoms with van der Waals surface area (Å²) in [5.41, 5.74) is 2.99. The third kappa shape index (κ3) is 2.50. The molecule has 2 aromatic carbocycles. The van der Waals surface area contributed by atoms with E-state index in [4.69, 9.17) is 0 Å². The van der Waals surface area contributed by atoms with Crippen molar-refractivity contribution in [3.63, 3.8) is 0 Å². The zero-order chi connectivity index (χ0) is 14.8. The van der Waals surface area contributed by atoms with Gasteiger partial charge in [-0.2, -0.15) is 0 Å². The van der Waals surface area contributed by atoms with Crippen molar-refractivity contribution in [1.82, 2.24) is 0 Å². The van der Waals surface area contributed by atoms with Gasteiger partial charge in [-0.05, 0) is 42.7 Å². The molecule has 2 fully saturated rings. The summed E-state index contributed by atoms with van der Waals surface area (Å²) < 4.78 is 0.168. The third-order valence-electron chi connectivity index (χ3n) is 5.54. The van der Waals surface area contributed by atoms with Crippen molar-refractivity contribution >= 4 is 11.8 Å². The van der Waals surface area contributed by atoms with Gasteiger partial charge in [0.15, 0.2) is 0 Å². The highest BCUT2D eigenvalue weighted by Crippen LogP contribution is 2.57. The number of benzene rings is 2. The van der Waals surface area contributed by atoms with Crippen LogP contribution in [0.5, 0.6) is 0 Å². The van der Waals surface area contributed by atoms with E-state index < -0.39 is 0 Å². The topological polar surface area (TPSA) is 0 Å². The molecule has 1 saturated carbocycles. The lowest BCUT2D eigenvalue weighted by Gasteiger charge is -2.47. The van der Waals surface area contributed by atoms with Crippen molar-refractivity contribution in [2.75, 3.05) is 0 Å². The summed E-state index contributed by atoms with van der Waals surface area (Å²) in [6.45, 7) is 0. The van der Waals surface area contributed by atoms with E-state index in [0.717, 1.165) is 11.2 Å². The molecule has 4 rings (SSSR count). The Balaban J connectivity index is 1.77. The first-order chi connectivity index (χ1) is 10.9. The molecular formula is C21H24S.